The molecule has 1 N–H and O–H groups in total. The summed E-state index contributed by atoms with van der Waals surface area (Å²) in [5.41, 5.74) is 1.31. The van der Waals surface area contributed by atoms with Gasteiger partial charge in [-0.1, -0.05) is 11.8 Å². The molecule has 0 saturated carbocycles. The number of aromatic nitrogens is 1. The van der Waals surface area contributed by atoms with Crippen molar-refractivity contribution in [3.05, 3.63) is 23.8 Å². The largest absolute Gasteiger partial charge is 0.481 e. The fourth-order valence-electron chi connectivity index (χ4n) is 1.16. The number of thioether (sulfide) groups is 1. The van der Waals surface area contributed by atoms with E-state index in [1.165, 1.54) is 23.1 Å². The minimum absolute atomic E-state index is 0.00489. The first-order valence-corrected chi connectivity index (χ1v) is 6.14. The maximum Gasteiger partial charge on any atom is 0.313 e. The molecule has 2 aromatic rings. The summed E-state index contributed by atoms with van der Waals surface area (Å²) in [6.45, 7) is 0. The summed E-state index contributed by atoms with van der Waals surface area (Å²) in [6.07, 6.45) is 0. The van der Waals surface area contributed by atoms with E-state index < -0.39 is 5.97 Å². The lowest BCUT2D eigenvalue weighted by molar-refractivity contribution is -0.133. The normalized spacial score (nSPS) is 10.2. The standard InChI is InChI=1S/C10H6N2O2S2/c11-4-6-1-2-8-7(3-6)12-10(16-8)15-5-9(13)14/h1-3H,5H2,(H,13,14). The zero-order valence-electron chi connectivity index (χ0n) is 8.01. The first kappa shape index (κ1) is 10.9. The predicted molar refractivity (Wildman–Crippen MR) is 62.7 cm³/mol. The maximum atomic E-state index is 10.4. The lowest BCUT2D eigenvalue weighted by atomic mass is 10.2. The van der Waals surface area contributed by atoms with Crippen LogP contribution in [0.2, 0.25) is 0 Å². The van der Waals surface area contributed by atoms with E-state index in [-0.39, 0.29) is 5.75 Å². The molecule has 0 aliphatic heterocycles. The Kier molecular flexibility index (Phi) is 3.08. The lowest BCUT2D eigenvalue weighted by Crippen LogP contribution is -1.96. The third kappa shape index (κ3) is 2.32. The van der Waals surface area contributed by atoms with E-state index >= 15 is 0 Å². The quantitative estimate of drug-likeness (QED) is 0.846. The highest BCUT2D eigenvalue weighted by molar-refractivity contribution is 8.01. The summed E-state index contributed by atoms with van der Waals surface area (Å²) in [6, 6.07) is 7.31. The van der Waals surface area contributed by atoms with Gasteiger partial charge in [-0.25, -0.2) is 4.98 Å². The van der Waals surface area contributed by atoms with Crippen molar-refractivity contribution in [2.45, 2.75) is 4.34 Å². The Morgan fingerprint density at radius 1 is 1.62 bits per heavy atom. The topological polar surface area (TPSA) is 74.0 Å². The van der Waals surface area contributed by atoms with Gasteiger partial charge in [0.2, 0.25) is 0 Å². The highest BCUT2D eigenvalue weighted by Crippen LogP contribution is 2.29. The Labute approximate surface area is 99.5 Å². The third-order valence-electron chi connectivity index (χ3n) is 1.82. The van der Waals surface area contributed by atoms with Gasteiger partial charge in [0.05, 0.1) is 27.6 Å². The van der Waals surface area contributed by atoms with Gasteiger partial charge in [0.15, 0.2) is 4.34 Å². The molecule has 1 heterocycles. The van der Waals surface area contributed by atoms with E-state index in [0.717, 1.165) is 10.2 Å². The molecule has 0 saturated heterocycles. The molecule has 0 unspecified atom stereocenters. The van der Waals surface area contributed by atoms with Gasteiger partial charge in [0.25, 0.3) is 0 Å². The number of rotatable bonds is 3. The summed E-state index contributed by atoms with van der Waals surface area (Å²) in [7, 11) is 0. The van der Waals surface area contributed by atoms with Crippen molar-refractivity contribution in [1.82, 2.24) is 4.98 Å². The smallest absolute Gasteiger partial charge is 0.313 e. The van der Waals surface area contributed by atoms with E-state index in [9.17, 15) is 4.79 Å². The Balaban J connectivity index is 2.30. The van der Waals surface area contributed by atoms with Crippen LogP contribution in [0.4, 0.5) is 0 Å². The molecule has 0 amide bonds. The van der Waals surface area contributed by atoms with Crippen molar-refractivity contribution in [2.24, 2.45) is 0 Å². The highest BCUT2D eigenvalue weighted by Gasteiger charge is 2.07. The fourth-order valence-corrected chi connectivity index (χ4v) is 2.93. The highest BCUT2D eigenvalue weighted by atomic mass is 32.2. The molecule has 1 aromatic heterocycles. The number of aliphatic carboxylic acids is 1. The Bertz CT molecular complexity index is 586. The van der Waals surface area contributed by atoms with Crippen molar-refractivity contribution in [1.29, 1.82) is 5.26 Å². The third-order valence-corrected chi connectivity index (χ3v) is 3.98. The Morgan fingerprint density at radius 3 is 3.12 bits per heavy atom. The zero-order valence-corrected chi connectivity index (χ0v) is 9.64. The SMILES string of the molecule is N#Cc1ccc2sc(SCC(=O)O)nc2c1. The van der Waals surface area contributed by atoms with Crippen molar-refractivity contribution < 1.29 is 9.90 Å². The molecular formula is C10H6N2O2S2. The lowest BCUT2D eigenvalue weighted by Gasteiger charge is -1.88. The van der Waals surface area contributed by atoms with E-state index in [1.54, 1.807) is 12.1 Å². The van der Waals surface area contributed by atoms with E-state index in [0.29, 0.717) is 9.90 Å². The molecule has 16 heavy (non-hydrogen) atoms. The van der Waals surface area contributed by atoms with Gasteiger partial charge in [0, 0.05) is 0 Å². The van der Waals surface area contributed by atoms with Crippen LogP contribution in [0, 0.1) is 11.3 Å². The minimum Gasteiger partial charge on any atom is -0.481 e. The summed E-state index contributed by atoms with van der Waals surface area (Å²) in [4.78, 5) is 14.7. The second-order valence-corrected chi connectivity index (χ2v) is 5.21. The number of carboxylic acid groups (broad SMARTS) is 1. The maximum absolute atomic E-state index is 10.4. The van der Waals surface area contributed by atoms with Crippen LogP contribution in [0.15, 0.2) is 22.5 Å². The van der Waals surface area contributed by atoms with Gasteiger partial charge >= 0.3 is 5.97 Å². The van der Waals surface area contributed by atoms with Gasteiger partial charge in [-0.15, -0.1) is 11.3 Å². The molecule has 0 bridgehead atoms. The number of carboxylic acids is 1. The number of carbonyl (C=O) groups is 1. The number of nitriles is 1. The van der Waals surface area contributed by atoms with Crippen molar-refractivity contribution >= 4 is 39.3 Å². The molecule has 0 fully saturated rings. The number of hydrogen-bond acceptors (Lipinski definition) is 5. The second kappa shape index (κ2) is 4.51. The molecule has 4 nitrogen and oxygen atoms in total. The summed E-state index contributed by atoms with van der Waals surface area (Å²) < 4.78 is 1.68. The van der Waals surface area contributed by atoms with Gasteiger partial charge in [-0.2, -0.15) is 5.26 Å². The number of hydrogen-bond donors (Lipinski definition) is 1. The molecule has 6 heteroatoms. The van der Waals surface area contributed by atoms with Crippen LogP contribution in [-0.4, -0.2) is 21.8 Å². The van der Waals surface area contributed by atoms with Crippen LogP contribution >= 0.6 is 23.1 Å². The second-order valence-electron chi connectivity index (χ2n) is 2.96. The number of benzene rings is 1. The van der Waals surface area contributed by atoms with Gasteiger partial charge in [-0.05, 0) is 18.2 Å². The van der Waals surface area contributed by atoms with Crippen molar-refractivity contribution in [3.8, 4) is 6.07 Å². The molecule has 0 radical (unpaired) electrons. The fraction of sp³-hybridized carbons (Fsp3) is 0.100. The average molecular weight is 250 g/mol. The molecule has 1 aromatic carbocycles. The molecule has 0 aliphatic carbocycles. The van der Waals surface area contributed by atoms with Crippen LogP contribution in [0.3, 0.4) is 0 Å². The van der Waals surface area contributed by atoms with Crippen LogP contribution < -0.4 is 0 Å². The van der Waals surface area contributed by atoms with Crippen LogP contribution in [0.1, 0.15) is 5.56 Å². The Hall–Kier alpha value is -1.58. The van der Waals surface area contributed by atoms with Crippen LogP contribution in [0.5, 0.6) is 0 Å². The molecule has 2 rings (SSSR count). The summed E-state index contributed by atoms with van der Waals surface area (Å²) >= 11 is 2.63. The molecule has 0 aliphatic rings. The van der Waals surface area contributed by atoms with Crippen molar-refractivity contribution in [2.75, 3.05) is 5.75 Å². The zero-order chi connectivity index (χ0) is 11.5. The van der Waals surface area contributed by atoms with Gasteiger partial charge in [0.1, 0.15) is 0 Å². The van der Waals surface area contributed by atoms with Crippen molar-refractivity contribution in [3.63, 3.8) is 0 Å². The first-order valence-electron chi connectivity index (χ1n) is 4.34. The number of fused-ring (bicyclic) bond motifs is 1. The van der Waals surface area contributed by atoms with E-state index in [4.69, 9.17) is 10.4 Å². The van der Waals surface area contributed by atoms with Crippen LogP contribution in [-0.2, 0) is 4.79 Å². The first-order chi connectivity index (χ1) is 7.69. The Morgan fingerprint density at radius 2 is 2.44 bits per heavy atom. The monoisotopic (exact) mass is 250 g/mol. The molecular weight excluding hydrogens is 244 g/mol. The average Bonchev–Trinajstić information content (AvgIpc) is 2.67. The molecule has 80 valence electrons. The van der Waals surface area contributed by atoms with Gasteiger partial charge < -0.3 is 5.11 Å². The summed E-state index contributed by atoms with van der Waals surface area (Å²) in [5.74, 6) is -0.854. The minimum atomic E-state index is -0.859. The number of thiazole rings is 1. The summed E-state index contributed by atoms with van der Waals surface area (Å²) in [5, 5.41) is 17.3. The predicted octanol–water partition coefficient (Wildman–Crippen LogP) is 2.34. The number of nitrogens with zero attached hydrogens (tertiary/aromatic N) is 2. The van der Waals surface area contributed by atoms with Crippen LogP contribution in [0.25, 0.3) is 10.2 Å². The molecule has 0 spiro atoms. The van der Waals surface area contributed by atoms with E-state index in [1.807, 2.05) is 12.1 Å². The molecule has 0 atom stereocenters. The van der Waals surface area contributed by atoms with E-state index in [2.05, 4.69) is 4.98 Å². The van der Waals surface area contributed by atoms with Gasteiger partial charge in [-0.3, -0.25) is 4.79 Å².